The minimum Gasteiger partial charge on any atom is -0.496 e. The van der Waals surface area contributed by atoms with Crippen LogP contribution in [0.4, 0.5) is 4.79 Å². The van der Waals surface area contributed by atoms with Gasteiger partial charge in [0.15, 0.2) is 0 Å². The van der Waals surface area contributed by atoms with Gasteiger partial charge in [0.1, 0.15) is 11.4 Å². The van der Waals surface area contributed by atoms with Crippen LogP contribution in [-0.4, -0.2) is 30.5 Å². The molecule has 1 aliphatic heterocycles. The van der Waals surface area contributed by atoms with Crippen LogP contribution in [0.5, 0.6) is 5.75 Å². The van der Waals surface area contributed by atoms with Gasteiger partial charge in [0, 0.05) is 17.1 Å². The number of hydrogen-bond acceptors (Lipinski definition) is 3. The lowest BCUT2D eigenvalue weighted by Gasteiger charge is -2.07. The number of nitrogens with one attached hydrogen (secondary N) is 1. The van der Waals surface area contributed by atoms with E-state index in [0.717, 1.165) is 4.90 Å². The number of ether oxygens (including phenoxy) is 1. The summed E-state index contributed by atoms with van der Waals surface area (Å²) in [5.41, 5.74) is 0.793. The Kier molecular flexibility index (Phi) is 4.10. The molecule has 104 valence electrons. The first kappa shape index (κ1) is 14.1. The minimum absolute atomic E-state index is 0.161. The molecule has 0 aromatic heterocycles. The lowest BCUT2D eigenvalue weighted by Crippen LogP contribution is -2.30. The van der Waals surface area contributed by atoms with E-state index < -0.39 is 11.9 Å². The van der Waals surface area contributed by atoms with Gasteiger partial charge in [-0.25, -0.2) is 4.79 Å². The first-order valence-corrected chi connectivity index (χ1v) is 6.23. The molecule has 3 amide bonds. The van der Waals surface area contributed by atoms with Crippen molar-refractivity contribution in [2.24, 2.45) is 0 Å². The van der Waals surface area contributed by atoms with Crippen LogP contribution in [-0.2, 0) is 4.79 Å². The molecule has 0 atom stereocenters. The van der Waals surface area contributed by atoms with E-state index >= 15 is 0 Å². The molecule has 1 aliphatic rings. The fourth-order valence-electron chi connectivity index (χ4n) is 1.84. The standard InChI is InChI=1S/C14H13ClN2O3/c1-3-6-17-13(18)11(16-14(17)19)8-9-7-10(15)4-5-12(9)20-2/h3-5,7-8H,1,6H2,2H3,(H,16,19)/b11-8+. The van der Waals surface area contributed by atoms with Gasteiger partial charge in [-0.05, 0) is 24.3 Å². The van der Waals surface area contributed by atoms with Crippen LogP contribution < -0.4 is 10.1 Å². The molecule has 1 saturated heterocycles. The molecule has 0 bridgehead atoms. The Hall–Kier alpha value is -2.27. The summed E-state index contributed by atoms with van der Waals surface area (Å²) in [5, 5.41) is 3.02. The molecule has 1 aromatic carbocycles. The number of urea groups is 1. The van der Waals surface area contributed by atoms with Gasteiger partial charge in [0.2, 0.25) is 0 Å². The van der Waals surface area contributed by atoms with Crippen molar-refractivity contribution in [3.8, 4) is 5.75 Å². The van der Waals surface area contributed by atoms with Crippen LogP contribution in [0.25, 0.3) is 6.08 Å². The highest BCUT2D eigenvalue weighted by atomic mass is 35.5. The third kappa shape index (κ3) is 2.67. The Balaban J connectivity index is 2.37. The lowest BCUT2D eigenvalue weighted by molar-refractivity contribution is -0.122. The molecule has 1 aromatic rings. The molecule has 20 heavy (non-hydrogen) atoms. The summed E-state index contributed by atoms with van der Waals surface area (Å²) >= 11 is 5.92. The van der Waals surface area contributed by atoms with Gasteiger partial charge in [0.05, 0.1) is 7.11 Å². The smallest absolute Gasteiger partial charge is 0.329 e. The van der Waals surface area contributed by atoms with Gasteiger partial charge in [0.25, 0.3) is 5.91 Å². The zero-order chi connectivity index (χ0) is 14.7. The third-order valence-corrected chi connectivity index (χ3v) is 3.00. The highest BCUT2D eigenvalue weighted by molar-refractivity contribution is 6.30. The number of rotatable bonds is 4. The van der Waals surface area contributed by atoms with E-state index in [9.17, 15) is 9.59 Å². The van der Waals surface area contributed by atoms with E-state index in [1.807, 2.05) is 0 Å². The number of imide groups is 1. The van der Waals surface area contributed by atoms with E-state index in [0.29, 0.717) is 16.3 Å². The molecule has 6 heteroatoms. The maximum Gasteiger partial charge on any atom is 0.329 e. The fourth-order valence-corrected chi connectivity index (χ4v) is 2.02. The predicted molar refractivity (Wildman–Crippen MR) is 76.4 cm³/mol. The lowest BCUT2D eigenvalue weighted by atomic mass is 10.1. The number of halogens is 1. The molecular weight excluding hydrogens is 280 g/mol. The first-order valence-electron chi connectivity index (χ1n) is 5.85. The molecule has 1 N–H and O–H groups in total. The van der Waals surface area contributed by atoms with Crippen LogP contribution in [0.15, 0.2) is 36.6 Å². The highest BCUT2D eigenvalue weighted by Gasteiger charge is 2.32. The van der Waals surface area contributed by atoms with Crippen molar-refractivity contribution >= 4 is 29.6 Å². The van der Waals surface area contributed by atoms with E-state index in [1.54, 1.807) is 18.2 Å². The van der Waals surface area contributed by atoms with Crippen LogP contribution in [0.1, 0.15) is 5.56 Å². The van der Waals surface area contributed by atoms with Gasteiger partial charge in [-0.15, -0.1) is 6.58 Å². The fraction of sp³-hybridized carbons (Fsp3) is 0.143. The largest absolute Gasteiger partial charge is 0.496 e. The van der Waals surface area contributed by atoms with E-state index in [1.165, 1.54) is 19.3 Å². The van der Waals surface area contributed by atoms with Crippen molar-refractivity contribution in [2.45, 2.75) is 0 Å². The topological polar surface area (TPSA) is 58.6 Å². The molecule has 0 spiro atoms. The van der Waals surface area contributed by atoms with Gasteiger partial charge in [-0.2, -0.15) is 0 Å². The minimum atomic E-state index is -0.470. The molecule has 1 fully saturated rings. The SMILES string of the molecule is C=CCN1C(=O)N/C(=C/c2cc(Cl)ccc2OC)C1=O. The molecular formula is C14H13ClN2O3. The van der Waals surface area contributed by atoms with Crippen LogP contribution in [0.3, 0.4) is 0 Å². The average Bonchev–Trinajstić information content (AvgIpc) is 2.67. The molecule has 1 heterocycles. The summed E-state index contributed by atoms with van der Waals surface area (Å²) < 4.78 is 5.19. The van der Waals surface area contributed by atoms with Gasteiger partial charge in [-0.1, -0.05) is 17.7 Å². The first-order chi connectivity index (χ1) is 9.56. The number of benzene rings is 1. The van der Waals surface area contributed by atoms with E-state index in [2.05, 4.69) is 11.9 Å². The number of amides is 3. The second-order valence-corrected chi connectivity index (χ2v) is 4.52. The van der Waals surface area contributed by atoms with Crippen molar-refractivity contribution in [3.63, 3.8) is 0 Å². The number of carbonyl (C=O) groups excluding carboxylic acids is 2. The maximum absolute atomic E-state index is 12.0. The van der Waals surface area contributed by atoms with E-state index in [-0.39, 0.29) is 12.2 Å². The monoisotopic (exact) mass is 292 g/mol. The van der Waals surface area contributed by atoms with Crippen molar-refractivity contribution in [1.29, 1.82) is 0 Å². The Labute approximate surface area is 121 Å². The van der Waals surface area contributed by atoms with Gasteiger partial charge in [-0.3, -0.25) is 9.69 Å². The summed E-state index contributed by atoms with van der Waals surface area (Å²) in [6.07, 6.45) is 3.02. The third-order valence-electron chi connectivity index (χ3n) is 2.77. The molecule has 2 rings (SSSR count). The quantitative estimate of drug-likeness (QED) is 0.527. The van der Waals surface area contributed by atoms with Crippen molar-refractivity contribution in [2.75, 3.05) is 13.7 Å². The number of hydrogen-bond donors (Lipinski definition) is 1. The molecule has 0 radical (unpaired) electrons. The molecule has 0 saturated carbocycles. The number of carbonyl (C=O) groups is 2. The zero-order valence-corrected chi connectivity index (χ0v) is 11.6. The normalized spacial score (nSPS) is 16.5. The predicted octanol–water partition coefficient (Wildman–Crippen LogP) is 2.43. The Bertz CT molecular complexity index is 610. The molecule has 5 nitrogen and oxygen atoms in total. The molecule has 0 unspecified atom stereocenters. The second-order valence-electron chi connectivity index (χ2n) is 4.08. The summed E-state index contributed by atoms with van der Waals surface area (Å²) in [7, 11) is 1.52. The Morgan fingerprint density at radius 3 is 2.85 bits per heavy atom. The average molecular weight is 293 g/mol. The number of nitrogens with zero attached hydrogens (tertiary/aromatic N) is 1. The van der Waals surface area contributed by atoms with Crippen LogP contribution in [0.2, 0.25) is 5.02 Å². The summed E-state index contributed by atoms with van der Waals surface area (Å²) in [5.74, 6) is 0.156. The molecule has 0 aliphatic carbocycles. The van der Waals surface area contributed by atoms with E-state index in [4.69, 9.17) is 16.3 Å². The highest BCUT2D eigenvalue weighted by Crippen LogP contribution is 2.25. The second kappa shape index (κ2) is 5.79. The Morgan fingerprint density at radius 1 is 1.45 bits per heavy atom. The van der Waals surface area contributed by atoms with Crippen molar-refractivity contribution < 1.29 is 14.3 Å². The zero-order valence-electron chi connectivity index (χ0n) is 10.9. The van der Waals surface area contributed by atoms with Gasteiger partial charge < -0.3 is 10.1 Å². The summed E-state index contributed by atoms with van der Waals surface area (Å²) in [6.45, 7) is 3.67. The Morgan fingerprint density at radius 2 is 2.20 bits per heavy atom. The van der Waals surface area contributed by atoms with Crippen molar-refractivity contribution in [1.82, 2.24) is 10.2 Å². The number of methoxy groups -OCH3 is 1. The summed E-state index contributed by atoms with van der Waals surface area (Å²) in [4.78, 5) is 24.8. The summed E-state index contributed by atoms with van der Waals surface area (Å²) in [6, 6.07) is 4.56. The van der Waals surface area contributed by atoms with Gasteiger partial charge >= 0.3 is 6.03 Å². The van der Waals surface area contributed by atoms with Crippen molar-refractivity contribution in [3.05, 3.63) is 47.1 Å². The maximum atomic E-state index is 12.0. The van der Waals surface area contributed by atoms with Crippen LogP contribution in [0, 0.1) is 0 Å². The van der Waals surface area contributed by atoms with Crippen LogP contribution >= 0.6 is 11.6 Å².